The molecule has 0 aliphatic rings. The lowest BCUT2D eigenvalue weighted by molar-refractivity contribution is -0.132. The maximum absolute atomic E-state index is 12.2. The third-order valence-electron chi connectivity index (χ3n) is 3.47. The Labute approximate surface area is 138 Å². The van der Waals surface area contributed by atoms with Crippen molar-refractivity contribution in [2.45, 2.75) is 20.5 Å². The Morgan fingerprint density at radius 1 is 1.04 bits per heavy atom. The van der Waals surface area contributed by atoms with E-state index in [-0.39, 0.29) is 19.1 Å². The van der Waals surface area contributed by atoms with Crippen molar-refractivity contribution in [1.29, 1.82) is 0 Å². The molecule has 23 heavy (non-hydrogen) atoms. The Balaban J connectivity index is 2.50. The summed E-state index contributed by atoms with van der Waals surface area (Å²) in [6.07, 6.45) is -0.479. The van der Waals surface area contributed by atoms with E-state index in [0.29, 0.717) is 26.2 Å². The fraction of sp³-hybridized carbons (Fsp3) is 0.529. The topological polar surface area (TPSA) is 59.1 Å². The SMILES string of the molecule is CCN(CCOC)C(=O)CN(CC)C(=O)OCc1ccccc1. The van der Waals surface area contributed by atoms with E-state index in [1.807, 2.05) is 44.2 Å². The van der Waals surface area contributed by atoms with E-state index in [0.717, 1.165) is 5.56 Å². The largest absolute Gasteiger partial charge is 0.445 e. The highest BCUT2D eigenvalue weighted by atomic mass is 16.6. The van der Waals surface area contributed by atoms with Crippen molar-refractivity contribution in [1.82, 2.24) is 9.80 Å². The average molecular weight is 322 g/mol. The van der Waals surface area contributed by atoms with Gasteiger partial charge in [0.15, 0.2) is 0 Å². The van der Waals surface area contributed by atoms with Crippen molar-refractivity contribution in [3.63, 3.8) is 0 Å². The number of carbonyl (C=O) groups excluding carboxylic acids is 2. The molecule has 0 aliphatic carbocycles. The molecule has 0 N–H and O–H groups in total. The predicted molar refractivity (Wildman–Crippen MR) is 88.0 cm³/mol. The third-order valence-corrected chi connectivity index (χ3v) is 3.47. The highest BCUT2D eigenvalue weighted by Gasteiger charge is 2.20. The first kappa shape index (κ1) is 19.0. The molecule has 1 rings (SSSR count). The highest BCUT2D eigenvalue weighted by Crippen LogP contribution is 2.04. The van der Waals surface area contributed by atoms with Crippen LogP contribution >= 0.6 is 0 Å². The molecule has 0 aliphatic heterocycles. The standard InChI is InChI=1S/C17H26N2O4/c1-4-18(11-12-22-3)16(20)13-19(5-2)17(21)23-14-15-9-7-6-8-10-15/h6-10H,4-5,11-14H2,1-3H3. The Kier molecular flexibility index (Phi) is 8.75. The van der Waals surface area contributed by atoms with Crippen LogP contribution in [0.3, 0.4) is 0 Å². The van der Waals surface area contributed by atoms with E-state index in [1.165, 1.54) is 4.90 Å². The van der Waals surface area contributed by atoms with Crippen LogP contribution in [0.15, 0.2) is 30.3 Å². The van der Waals surface area contributed by atoms with E-state index in [2.05, 4.69) is 0 Å². The Bertz CT molecular complexity index is 479. The summed E-state index contributed by atoms with van der Waals surface area (Å²) < 4.78 is 10.3. The zero-order valence-electron chi connectivity index (χ0n) is 14.2. The predicted octanol–water partition coefficient (Wildman–Crippen LogP) is 2.14. The Morgan fingerprint density at radius 2 is 1.70 bits per heavy atom. The van der Waals surface area contributed by atoms with Gasteiger partial charge < -0.3 is 14.4 Å². The molecule has 2 amide bonds. The zero-order valence-corrected chi connectivity index (χ0v) is 14.2. The number of hydrogen-bond donors (Lipinski definition) is 0. The van der Waals surface area contributed by atoms with Crippen molar-refractivity contribution in [3.05, 3.63) is 35.9 Å². The van der Waals surface area contributed by atoms with Crippen molar-refractivity contribution in [2.75, 3.05) is 39.9 Å². The van der Waals surface area contributed by atoms with Crippen LogP contribution in [0.4, 0.5) is 4.79 Å². The van der Waals surface area contributed by atoms with E-state index < -0.39 is 6.09 Å². The molecule has 6 heteroatoms. The van der Waals surface area contributed by atoms with Crippen LogP contribution in [-0.4, -0.2) is 61.7 Å². The third kappa shape index (κ3) is 6.69. The number of likely N-dealkylation sites (N-methyl/N-ethyl adjacent to an activating group) is 2. The summed E-state index contributed by atoms with van der Waals surface area (Å²) in [5.74, 6) is -0.108. The lowest BCUT2D eigenvalue weighted by Gasteiger charge is -2.25. The molecule has 0 saturated carbocycles. The number of rotatable bonds is 9. The molecule has 0 atom stereocenters. The number of ether oxygens (including phenoxy) is 2. The van der Waals surface area contributed by atoms with Crippen LogP contribution < -0.4 is 0 Å². The van der Waals surface area contributed by atoms with Gasteiger partial charge in [0, 0.05) is 26.7 Å². The first-order chi connectivity index (χ1) is 11.1. The molecule has 0 fully saturated rings. The maximum Gasteiger partial charge on any atom is 0.410 e. The van der Waals surface area contributed by atoms with Gasteiger partial charge in [-0.1, -0.05) is 30.3 Å². The zero-order chi connectivity index (χ0) is 17.1. The smallest absolute Gasteiger partial charge is 0.410 e. The number of methoxy groups -OCH3 is 1. The quantitative estimate of drug-likeness (QED) is 0.699. The molecule has 0 unspecified atom stereocenters. The van der Waals surface area contributed by atoms with Gasteiger partial charge in [-0.2, -0.15) is 0 Å². The first-order valence-corrected chi connectivity index (χ1v) is 7.84. The molecule has 1 aromatic rings. The second kappa shape index (κ2) is 10.6. The van der Waals surface area contributed by atoms with Gasteiger partial charge in [-0.25, -0.2) is 4.79 Å². The molecule has 0 aromatic heterocycles. The minimum absolute atomic E-state index is 0.0156. The molecular weight excluding hydrogens is 296 g/mol. The van der Waals surface area contributed by atoms with Crippen LogP contribution in [0.5, 0.6) is 0 Å². The van der Waals surface area contributed by atoms with Crippen molar-refractivity contribution >= 4 is 12.0 Å². The van der Waals surface area contributed by atoms with E-state index in [9.17, 15) is 9.59 Å². The van der Waals surface area contributed by atoms with Gasteiger partial charge in [0.25, 0.3) is 0 Å². The Hall–Kier alpha value is -2.08. The van der Waals surface area contributed by atoms with Crippen molar-refractivity contribution < 1.29 is 19.1 Å². The van der Waals surface area contributed by atoms with Crippen LogP contribution in [-0.2, 0) is 20.9 Å². The van der Waals surface area contributed by atoms with E-state index in [1.54, 1.807) is 12.0 Å². The fourth-order valence-electron chi connectivity index (χ4n) is 2.04. The van der Waals surface area contributed by atoms with Gasteiger partial charge in [0.1, 0.15) is 13.2 Å². The minimum Gasteiger partial charge on any atom is -0.445 e. The van der Waals surface area contributed by atoms with Gasteiger partial charge in [0.05, 0.1) is 6.61 Å². The molecule has 0 bridgehead atoms. The number of nitrogens with zero attached hydrogens (tertiary/aromatic N) is 2. The van der Waals surface area contributed by atoms with Crippen molar-refractivity contribution in [2.24, 2.45) is 0 Å². The normalized spacial score (nSPS) is 10.2. The summed E-state index contributed by atoms with van der Waals surface area (Å²) in [4.78, 5) is 27.4. The number of hydrogen-bond acceptors (Lipinski definition) is 4. The second-order valence-corrected chi connectivity index (χ2v) is 5.02. The van der Waals surface area contributed by atoms with Crippen molar-refractivity contribution in [3.8, 4) is 0 Å². The van der Waals surface area contributed by atoms with Crippen LogP contribution in [0.25, 0.3) is 0 Å². The van der Waals surface area contributed by atoms with E-state index in [4.69, 9.17) is 9.47 Å². The molecule has 0 saturated heterocycles. The summed E-state index contributed by atoms with van der Waals surface area (Å²) in [6.45, 7) is 5.93. The van der Waals surface area contributed by atoms with Gasteiger partial charge >= 0.3 is 6.09 Å². The summed E-state index contributed by atoms with van der Waals surface area (Å²) in [6, 6.07) is 9.46. The van der Waals surface area contributed by atoms with Gasteiger partial charge in [-0.05, 0) is 19.4 Å². The maximum atomic E-state index is 12.2. The summed E-state index contributed by atoms with van der Waals surface area (Å²) in [7, 11) is 1.59. The monoisotopic (exact) mass is 322 g/mol. The number of amides is 2. The Morgan fingerprint density at radius 3 is 2.26 bits per heavy atom. The van der Waals surface area contributed by atoms with Gasteiger partial charge in [-0.3, -0.25) is 9.69 Å². The summed E-state index contributed by atoms with van der Waals surface area (Å²) >= 11 is 0. The molecule has 1 aromatic carbocycles. The fourth-order valence-corrected chi connectivity index (χ4v) is 2.04. The lowest BCUT2D eigenvalue weighted by Crippen LogP contribution is -2.44. The minimum atomic E-state index is -0.479. The van der Waals surface area contributed by atoms with Gasteiger partial charge in [-0.15, -0.1) is 0 Å². The molecule has 128 valence electrons. The van der Waals surface area contributed by atoms with E-state index >= 15 is 0 Å². The molecule has 6 nitrogen and oxygen atoms in total. The highest BCUT2D eigenvalue weighted by molar-refractivity contribution is 5.82. The average Bonchev–Trinajstić information content (AvgIpc) is 2.59. The number of carbonyl (C=O) groups is 2. The molecule has 0 radical (unpaired) electrons. The molecule has 0 heterocycles. The summed E-state index contributed by atoms with van der Waals surface area (Å²) in [5.41, 5.74) is 0.915. The van der Waals surface area contributed by atoms with Crippen LogP contribution in [0.2, 0.25) is 0 Å². The van der Waals surface area contributed by atoms with Crippen LogP contribution in [0, 0.1) is 0 Å². The van der Waals surface area contributed by atoms with Crippen LogP contribution in [0.1, 0.15) is 19.4 Å². The van der Waals surface area contributed by atoms with Gasteiger partial charge in [0.2, 0.25) is 5.91 Å². The molecule has 0 spiro atoms. The first-order valence-electron chi connectivity index (χ1n) is 7.84. The summed E-state index contributed by atoms with van der Waals surface area (Å²) in [5, 5.41) is 0. The molecular formula is C17H26N2O4. The number of benzene rings is 1. The lowest BCUT2D eigenvalue weighted by atomic mass is 10.2. The second-order valence-electron chi connectivity index (χ2n) is 5.02.